The molecule has 0 atom stereocenters. The molecule has 0 spiro atoms. The van der Waals surface area contributed by atoms with E-state index >= 15 is 0 Å². The van der Waals surface area contributed by atoms with Crippen molar-refractivity contribution < 1.29 is 9.52 Å². The number of phenols is 1. The van der Waals surface area contributed by atoms with Gasteiger partial charge in [0.15, 0.2) is 5.58 Å². The van der Waals surface area contributed by atoms with Crippen LogP contribution in [0.25, 0.3) is 22.6 Å². The van der Waals surface area contributed by atoms with Crippen LogP contribution in [0.2, 0.25) is 0 Å². The Hall–Kier alpha value is -3.40. The molecule has 1 N–H and O–H groups in total. The Balaban J connectivity index is 1.72. The second-order valence-electron chi connectivity index (χ2n) is 6.76. The van der Waals surface area contributed by atoms with Gasteiger partial charge in [0.05, 0.1) is 5.69 Å². The van der Waals surface area contributed by atoms with Crippen molar-refractivity contribution in [2.24, 2.45) is 4.99 Å². The number of benzene rings is 3. The maximum atomic E-state index is 10.1. The SMILES string of the molecule is Cc1ccc2oc(-c3cc(N=Cc4cccc(C)c4O)ccc3C)nc2c1. The van der Waals surface area contributed by atoms with Crippen molar-refractivity contribution >= 4 is 23.0 Å². The molecule has 4 nitrogen and oxygen atoms in total. The molecule has 0 bridgehead atoms. The van der Waals surface area contributed by atoms with Gasteiger partial charge in [-0.1, -0.05) is 24.3 Å². The monoisotopic (exact) mass is 356 g/mol. The fourth-order valence-electron chi connectivity index (χ4n) is 3.00. The van der Waals surface area contributed by atoms with E-state index in [0.29, 0.717) is 11.5 Å². The molecule has 0 fully saturated rings. The molecule has 3 aromatic carbocycles. The number of hydrogen-bond donors (Lipinski definition) is 1. The normalized spacial score (nSPS) is 11.5. The van der Waals surface area contributed by atoms with E-state index in [9.17, 15) is 5.11 Å². The summed E-state index contributed by atoms with van der Waals surface area (Å²) in [4.78, 5) is 9.15. The van der Waals surface area contributed by atoms with Crippen LogP contribution in [-0.4, -0.2) is 16.3 Å². The number of aliphatic imine (C=N–C) groups is 1. The van der Waals surface area contributed by atoms with Crippen molar-refractivity contribution in [2.45, 2.75) is 20.8 Å². The Kier molecular flexibility index (Phi) is 4.24. The molecule has 0 saturated carbocycles. The van der Waals surface area contributed by atoms with Gasteiger partial charge in [-0.15, -0.1) is 0 Å². The number of aromatic nitrogens is 1. The van der Waals surface area contributed by atoms with Gasteiger partial charge in [0.1, 0.15) is 11.3 Å². The first-order valence-electron chi connectivity index (χ1n) is 8.82. The maximum Gasteiger partial charge on any atom is 0.227 e. The summed E-state index contributed by atoms with van der Waals surface area (Å²) in [6.07, 6.45) is 1.67. The van der Waals surface area contributed by atoms with Crippen molar-refractivity contribution in [1.29, 1.82) is 0 Å². The Labute approximate surface area is 157 Å². The van der Waals surface area contributed by atoms with Crippen molar-refractivity contribution in [3.63, 3.8) is 0 Å². The quantitative estimate of drug-likeness (QED) is 0.467. The standard InChI is InChI=1S/C23H20N2O2/c1-14-7-10-21-20(11-14)25-23(27-21)19-12-18(9-8-15(19)2)24-13-17-6-4-5-16(3)22(17)26/h4-13,26H,1-3H3. The van der Waals surface area contributed by atoms with Crippen molar-refractivity contribution in [3.8, 4) is 17.2 Å². The summed E-state index contributed by atoms with van der Waals surface area (Å²) < 4.78 is 5.94. The van der Waals surface area contributed by atoms with E-state index in [1.54, 1.807) is 6.21 Å². The molecular formula is C23H20N2O2. The van der Waals surface area contributed by atoms with Crippen LogP contribution in [0, 0.1) is 20.8 Å². The number of hydrogen-bond acceptors (Lipinski definition) is 4. The molecule has 4 aromatic rings. The summed E-state index contributed by atoms with van der Waals surface area (Å²) in [7, 11) is 0. The minimum Gasteiger partial charge on any atom is -0.507 e. The van der Waals surface area contributed by atoms with Gasteiger partial charge in [-0.05, 0) is 67.8 Å². The maximum absolute atomic E-state index is 10.1. The number of aromatic hydroxyl groups is 1. The van der Waals surface area contributed by atoms with Gasteiger partial charge in [-0.25, -0.2) is 4.98 Å². The Bertz CT molecular complexity index is 1170. The van der Waals surface area contributed by atoms with Gasteiger partial charge in [0.25, 0.3) is 0 Å². The predicted molar refractivity (Wildman–Crippen MR) is 109 cm³/mol. The summed E-state index contributed by atoms with van der Waals surface area (Å²) >= 11 is 0. The number of oxazole rings is 1. The fraction of sp³-hybridized carbons (Fsp3) is 0.130. The topological polar surface area (TPSA) is 58.6 Å². The molecule has 0 radical (unpaired) electrons. The third kappa shape index (κ3) is 3.34. The largest absolute Gasteiger partial charge is 0.507 e. The Morgan fingerprint density at radius 3 is 2.67 bits per heavy atom. The van der Waals surface area contributed by atoms with Crippen LogP contribution in [-0.2, 0) is 0 Å². The van der Waals surface area contributed by atoms with Crippen molar-refractivity contribution in [3.05, 3.63) is 76.9 Å². The highest BCUT2D eigenvalue weighted by atomic mass is 16.3. The minimum absolute atomic E-state index is 0.253. The fourth-order valence-corrected chi connectivity index (χ4v) is 3.00. The third-order valence-electron chi connectivity index (χ3n) is 4.62. The molecule has 27 heavy (non-hydrogen) atoms. The summed E-state index contributed by atoms with van der Waals surface area (Å²) in [5, 5.41) is 10.1. The molecule has 0 unspecified atom stereocenters. The van der Waals surface area contributed by atoms with Crippen LogP contribution < -0.4 is 0 Å². The number of fused-ring (bicyclic) bond motifs is 1. The van der Waals surface area contributed by atoms with Crippen LogP contribution in [0.4, 0.5) is 5.69 Å². The van der Waals surface area contributed by atoms with Gasteiger partial charge in [0, 0.05) is 17.3 Å². The van der Waals surface area contributed by atoms with Crippen LogP contribution >= 0.6 is 0 Å². The van der Waals surface area contributed by atoms with Gasteiger partial charge < -0.3 is 9.52 Å². The van der Waals surface area contributed by atoms with Gasteiger partial charge >= 0.3 is 0 Å². The lowest BCUT2D eigenvalue weighted by molar-refractivity contribution is 0.470. The lowest BCUT2D eigenvalue weighted by Crippen LogP contribution is -1.86. The number of nitrogens with zero attached hydrogens (tertiary/aromatic N) is 2. The van der Waals surface area contributed by atoms with E-state index in [1.807, 2.05) is 75.4 Å². The smallest absolute Gasteiger partial charge is 0.227 e. The summed E-state index contributed by atoms with van der Waals surface area (Å²) in [6.45, 7) is 5.93. The highest BCUT2D eigenvalue weighted by Gasteiger charge is 2.11. The van der Waals surface area contributed by atoms with Crippen LogP contribution in [0.5, 0.6) is 5.75 Å². The zero-order valence-electron chi connectivity index (χ0n) is 15.5. The minimum atomic E-state index is 0.253. The van der Waals surface area contributed by atoms with E-state index in [0.717, 1.165) is 39.0 Å². The van der Waals surface area contributed by atoms with Crippen LogP contribution in [0.15, 0.2) is 64.0 Å². The van der Waals surface area contributed by atoms with E-state index in [4.69, 9.17) is 4.42 Å². The molecule has 0 saturated heterocycles. The summed E-state index contributed by atoms with van der Waals surface area (Å²) in [6, 6.07) is 17.5. The molecule has 0 aliphatic carbocycles. The number of aryl methyl sites for hydroxylation is 3. The Morgan fingerprint density at radius 2 is 1.81 bits per heavy atom. The third-order valence-corrected chi connectivity index (χ3v) is 4.62. The number of rotatable bonds is 3. The second kappa shape index (κ2) is 6.72. The van der Waals surface area contributed by atoms with E-state index in [2.05, 4.69) is 9.98 Å². The Morgan fingerprint density at radius 1 is 0.963 bits per heavy atom. The molecule has 134 valence electrons. The number of phenolic OH excluding ortho intramolecular Hbond substituents is 1. The van der Waals surface area contributed by atoms with Gasteiger partial charge in [-0.3, -0.25) is 4.99 Å². The van der Waals surface area contributed by atoms with Crippen LogP contribution in [0.3, 0.4) is 0 Å². The second-order valence-corrected chi connectivity index (χ2v) is 6.76. The molecule has 4 rings (SSSR count). The van der Waals surface area contributed by atoms with Crippen molar-refractivity contribution in [2.75, 3.05) is 0 Å². The zero-order chi connectivity index (χ0) is 19.0. The van der Waals surface area contributed by atoms with Crippen molar-refractivity contribution in [1.82, 2.24) is 4.98 Å². The summed E-state index contributed by atoms with van der Waals surface area (Å²) in [5.41, 5.74) is 7.03. The van der Waals surface area contributed by atoms with E-state index in [1.165, 1.54) is 0 Å². The average Bonchev–Trinajstić information content (AvgIpc) is 3.07. The molecule has 1 aromatic heterocycles. The molecule has 4 heteroatoms. The first-order chi connectivity index (χ1) is 13.0. The predicted octanol–water partition coefficient (Wildman–Crippen LogP) is 5.88. The molecule has 0 aliphatic rings. The first-order valence-corrected chi connectivity index (χ1v) is 8.82. The van der Waals surface area contributed by atoms with E-state index < -0.39 is 0 Å². The van der Waals surface area contributed by atoms with Crippen LogP contribution in [0.1, 0.15) is 22.3 Å². The lowest BCUT2D eigenvalue weighted by atomic mass is 10.1. The average molecular weight is 356 g/mol. The molecular weight excluding hydrogens is 336 g/mol. The first kappa shape index (κ1) is 17.0. The lowest BCUT2D eigenvalue weighted by Gasteiger charge is -2.04. The zero-order valence-corrected chi connectivity index (χ0v) is 15.5. The molecule has 0 amide bonds. The molecule has 0 aliphatic heterocycles. The highest BCUT2D eigenvalue weighted by Crippen LogP contribution is 2.30. The number of para-hydroxylation sites is 1. The van der Waals surface area contributed by atoms with E-state index in [-0.39, 0.29) is 5.75 Å². The summed E-state index contributed by atoms with van der Waals surface area (Å²) in [5.74, 6) is 0.839. The van der Waals surface area contributed by atoms with Gasteiger partial charge in [-0.2, -0.15) is 0 Å². The van der Waals surface area contributed by atoms with Gasteiger partial charge in [0.2, 0.25) is 5.89 Å². The highest BCUT2D eigenvalue weighted by molar-refractivity contribution is 5.86. The molecule has 1 heterocycles.